The predicted molar refractivity (Wildman–Crippen MR) is 67.7 cm³/mol. The molecule has 2 aromatic rings. The van der Waals surface area contributed by atoms with Crippen molar-refractivity contribution < 1.29 is 0 Å². The summed E-state index contributed by atoms with van der Waals surface area (Å²) < 4.78 is 1.48. The molecule has 0 fully saturated rings. The Kier molecular flexibility index (Phi) is 3.09. The van der Waals surface area contributed by atoms with Crippen molar-refractivity contribution in [3.8, 4) is 5.95 Å². The average Bonchev–Trinajstić information content (AvgIpc) is 2.79. The summed E-state index contributed by atoms with van der Waals surface area (Å²) >= 11 is 0. The third-order valence-corrected chi connectivity index (χ3v) is 1.96. The average molecular weight is 248 g/mol. The maximum atomic E-state index is 4.30. The van der Waals surface area contributed by atoms with Crippen LogP contribution in [-0.4, -0.2) is 42.3 Å². The molecule has 0 unspecified atom stereocenters. The highest BCUT2D eigenvalue weighted by Crippen LogP contribution is 2.12. The molecular formula is C10H16N8. The highest BCUT2D eigenvalue weighted by atomic mass is 15.4. The van der Waals surface area contributed by atoms with Gasteiger partial charge < -0.3 is 10.6 Å². The summed E-state index contributed by atoms with van der Waals surface area (Å²) in [6.45, 7) is 6.10. The third kappa shape index (κ3) is 2.90. The molecule has 0 saturated carbocycles. The van der Waals surface area contributed by atoms with E-state index in [1.54, 1.807) is 7.05 Å². The van der Waals surface area contributed by atoms with E-state index >= 15 is 0 Å². The highest BCUT2D eigenvalue weighted by Gasteiger charge is 2.14. The largest absolute Gasteiger partial charge is 0.357 e. The van der Waals surface area contributed by atoms with Crippen LogP contribution >= 0.6 is 0 Å². The summed E-state index contributed by atoms with van der Waals surface area (Å²) in [5, 5.41) is 10.1. The van der Waals surface area contributed by atoms with Crippen LogP contribution in [0.1, 0.15) is 20.8 Å². The fourth-order valence-corrected chi connectivity index (χ4v) is 1.28. The van der Waals surface area contributed by atoms with E-state index in [-0.39, 0.29) is 5.54 Å². The number of nitrogens with zero attached hydrogens (tertiary/aromatic N) is 6. The van der Waals surface area contributed by atoms with Gasteiger partial charge in [-0.3, -0.25) is 0 Å². The molecule has 8 heteroatoms. The third-order valence-electron chi connectivity index (χ3n) is 1.96. The van der Waals surface area contributed by atoms with Crippen molar-refractivity contribution in [2.45, 2.75) is 26.3 Å². The highest BCUT2D eigenvalue weighted by molar-refractivity contribution is 5.38. The van der Waals surface area contributed by atoms with E-state index in [1.165, 1.54) is 17.3 Å². The zero-order chi connectivity index (χ0) is 13.2. The minimum atomic E-state index is -0.133. The molecule has 96 valence electrons. The van der Waals surface area contributed by atoms with Crippen LogP contribution in [0, 0.1) is 0 Å². The van der Waals surface area contributed by atoms with E-state index in [4.69, 9.17) is 0 Å². The standard InChI is InChI=1S/C10H16N8/c1-10(2,3)17-8-14-7(11-4)15-9(16-8)18-6-12-5-13-18/h5-6H,1-4H3,(H2,11,14,15,16,17). The van der Waals surface area contributed by atoms with Crippen LogP contribution in [-0.2, 0) is 0 Å². The minimum absolute atomic E-state index is 0.133. The molecular weight excluding hydrogens is 232 g/mol. The second-order valence-electron chi connectivity index (χ2n) is 4.75. The maximum absolute atomic E-state index is 4.30. The summed E-state index contributed by atoms with van der Waals surface area (Å²) in [4.78, 5) is 16.6. The second kappa shape index (κ2) is 4.55. The van der Waals surface area contributed by atoms with Crippen molar-refractivity contribution in [2.24, 2.45) is 0 Å². The number of hydrogen-bond donors (Lipinski definition) is 2. The number of aromatic nitrogens is 6. The molecule has 0 spiro atoms. The zero-order valence-electron chi connectivity index (χ0n) is 10.8. The molecule has 0 aromatic carbocycles. The first-order valence-corrected chi connectivity index (χ1v) is 5.55. The van der Waals surface area contributed by atoms with Gasteiger partial charge in [-0.1, -0.05) is 0 Å². The lowest BCUT2D eigenvalue weighted by Crippen LogP contribution is -2.28. The number of nitrogens with one attached hydrogen (secondary N) is 2. The van der Waals surface area contributed by atoms with E-state index in [1.807, 2.05) is 20.8 Å². The molecule has 2 N–H and O–H groups in total. The van der Waals surface area contributed by atoms with Crippen LogP contribution < -0.4 is 10.6 Å². The summed E-state index contributed by atoms with van der Waals surface area (Å²) in [6, 6.07) is 0. The minimum Gasteiger partial charge on any atom is -0.357 e. The van der Waals surface area contributed by atoms with Gasteiger partial charge in [-0.05, 0) is 20.8 Å². The first kappa shape index (κ1) is 12.2. The van der Waals surface area contributed by atoms with E-state index in [0.29, 0.717) is 17.8 Å². The Hall–Kier alpha value is -2.25. The zero-order valence-corrected chi connectivity index (χ0v) is 10.8. The van der Waals surface area contributed by atoms with Crippen molar-refractivity contribution in [1.29, 1.82) is 0 Å². The van der Waals surface area contributed by atoms with E-state index in [2.05, 4.69) is 35.7 Å². The number of rotatable bonds is 3. The molecule has 2 rings (SSSR count). The Labute approximate surface area is 105 Å². The predicted octanol–water partition coefficient (Wildman–Crippen LogP) is 0.704. The van der Waals surface area contributed by atoms with Gasteiger partial charge in [0.1, 0.15) is 12.7 Å². The molecule has 8 nitrogen and oxygen atoms in total. The Balaban J connectivity index is 2.39. The second-order valence-corrected chi connectivity index (χ2v) is 4.75. The van der Waals surface area contributed by atoms with Crippen molar-refractivity contribution in [3.63, 3.8) is 0 Å². The number of hydrogen-bond acceptors (Lipinski definition) is 7. The molecule has 0 aliphatic rings. The molecule has 2 heterocycles. The van der Waals surface area contributed by atoms with Crippen molar-refractivity contribution in [3.05, 3.63) is 12.7 Å². The quantitative estimate of drug-likeness (QED) is 0.825. The topological polar surface area (TPSA) is 93.4 Å². The Morgan fingerprint density at radius 1 is 1.11 bits per heavy atom. The van der Waals surface area contributed by atoms with Gasteiger partial charge in [0.25, 0.3) is 5.95 Å². The molecule has 0 radical (unpaired) electrons. The van der Waals surface area contributed by atoms with Gasteiger partial charge in [0.15, 0.2) is 0 Å². The maximum Gasteiger partial charge on any atom is 0.258 e. The van der Waals surface area contributed by atoms with Gasteiger partial charge in [0, 0.05) is 12.6 Å². The Morgan fingerprint density at radius 3 is 2.39 bits per heavy atom. The molecule has 0 aliphatic heterocycles. The van der Waals surface area contributed by atoms with Crippen LogP contribution in [0.15, 0.2) is 12.7 Å². The summed E-state index contributed by atoms with van der Waals surface area (Å²) in [5.41, 5.74) is -0.133. The van der Waals surface area contributed by atoms with Gasteiger partial charge in [0.05, 0.1) is 0 Å². The van der Waals surface area contributed by atoms with Crippen molar-refractivity contribution in [2.75, 3.05) is 17.7 Å². The normalized spacial score (nSPS) is 11.3. The molecule has 0 aliphatic carbocycles. The molecule has 18 heavy (non-hydrogen) atoms. The van der Waals surface area contributed by atoms with E-state index in [0.717, 1.165) is 0 Å². The fourth-order valence-electron chi connectivity index (χ4n) is 1.28. The molecule has 0 atom stereocenters. The van der Waals surface area contributed by atoms with Gasteiger partial charge in [-0.2, -0.15) is 24.7 Å². The molecule has 2 aromatic heterocycles. The summed E-state index contributed by atoms with van der Waals surface area (Å²) in [5.74, 6) is 1.38. The summed E-state index contributed by atoms with van der Waals surface area (Å²) in [6.07, 6.45) is 2.97. The lowest BCUT2D eigenvalue weighted by molar-refractivity contribution is 0.623. The lowest BCUT2D eigenvalue weighted by atomic mass is 10.1. The van der Waals surface area contributed by atoms with Crippen LogP contribution in [0.2, 0.25) is 0 Å². The first-order valence-electron chi connectivity index (χ1n) is 5.55. The SMILES string of the molecule is CNc1nc(NC(C)(C)C)nc(-n2cncn2)n1. The Morgan fingerprint density at radius 2 is 1.83 bits per heavy atom. The molecule has 0 bridgehead atoms. The summed E-state index contributed by atoms with van der Waals surface area (Å²) in [7, 11) is 1.75. The van der Waals surface area contributed by atoms with E-state index in [9.17, 15) is 0 Å². The lowest BCUT2D eigenvalue weighted by Gasteiger charge is -2.20. The first-order chi connectivity index (χ1) is 8.48. The van der Waals surface area contributed by atoms with Crippen LogP contribution in [0.5, 0.6) is 0 Å². The van der Waals surface area contributed by atoms with Gasteiger partial charge in [0.2, 0.25) is 11.9 Å². The van der Waals surface area contributed by atoms with Crippen molar-refractivity contribution >= 4 is 11.9 Å². The van der Waals surface area contributed by atoms with Gasteiger partial charge in [-0.15, -0.1) is 0 Å². The smallest absolute Gasteiger partial charge is 0.258 e. The van der Waals surface area contributed by atoms with Crippen LogP contribution in [0.25, 0.3) is 5.95 Å². The number of anilines is 2. The van der Waals surface area contributed by atoms with Gasteiger partial charge in [-0.25, -0.2) is 4.98 Å². The monoisotopic (exact) mass is 248 g/mol. The van der Waals surface area contributed by atoms with Crippen molar-refractivity contribution in [1.82, 2.24) is 29.7 Å². The molecule has 0 saturated heterocycles. The Bertz CT molecular complexity index is 513. The molecule has 0 amide bonds. The fraction of sp³-hybridized carbons (Fsp3) is 0.500. The van der Waals surface area contributed by atoms with Crippen LogP contribution in [0.4, 0.5) is 11.9 Å². The van der Waals surface area contributed by atoms with Crippen LogP contribution in [0.3, 0.4) is 0 Å². The van der Waals surface area contributed by atoms with E-state index < -0.39 is 0 Å². The van der Waals surface area contributed by atoms with Gasteiger partial charge >= 0.3 is 0 Å².